The van der Waals surface area contributed by atoms with Crippen LogP contribution in [-0.4, -0.2) is 54.9 Å². The lowest BCUT2D eigenvalue weighted by Gasteiger charge is -2.18. The van der Waals surface area contributed by atoms with Crippen LogP contribution in [0, 0.1) is 6.92 Å². The smallest absolute Gasteiger partial charge is 0.284 e. The van der Waals surface area contributed by atoms with Crippen molar-refractivity contribution in [3.63, 3.8) is 0 Å². The number of carbonyl (C=O) groups excluding carboxylic acids is 2. The van der Waals surface area contributed by atoms with Gasteiger partial charge in [-0.25, -0.2) is 14.2 Å². The molecule has 1 fully saturated rings. The third kappa shape index (κ3) is 3.84. The van der Waals surface area contributed by atoms with Crippen LogP contribution in [-0.2, 0) is 6.54 Å². The highest BCUT2D eigenvalue weighted by Gasteiger charge is 2.29. The molecule has 0 unspecified atom stereocenters. The molecule has 4 aromatic rings. The van der Waals surface area contributed by atoms with E-state index >= 15 is 0 Å². The minimum atomic E-state index is -0.607. The SMILES string of the molecule is CCn1c(C)c(C(=O)N[C@H]2CCN(c3ccc4ncc(C(N)=O)n4n3)C2)c(=O)n1-c1ccccc1. The summed E-state index contributed by atoms with van der Waals surface area (Å²) in [5, 5.41) is 7.53. The van der Waals surface area contributed by atoms with E-state index < -0.39 is 5.91 Å². The highest BCUT2D eigenvalue weighted by atomic mass is 16.2. The van der Waals surface area contributed by atoms with Crippen LogP contribution < -0.4 is 21.5 Å². The van der Waals surface area contributed by atoms with Crippen molar-refractivity contribution >= 4 is 23.3 Å². The second kappa shape index (κ2) is 8.75. The molecule has 11 nitrogen and oxygen atoms in total. The number of rotatable bonds is 6. The molecule has 11 heteroatoms. The minimum absolute atomic E-state index is 0.151. The summed E-state index contributed by atoms with van der Waals surface area (Å²) in [6.07, 6.45) is 2.09. The van der Waals surface area contributed by atoms with Crippen molar-refractivity contribution < 1.29 is 9.59 Å². The standard InChI is InChI=1S/C24H26N8O3/c1-3-30-15(2)21(24(35)32(30)17-7-5-4-6-8-17)23(34)27-16-11-12-29(14-16)20-10-9-19-26-13-18(22(25)33)31(19)28-20/h4-10,13,16H,3,11-12,14H2,1-2H3,(H2,25,33)(H,27,34)/t16-/m0/s1. The highest BCUT2D eigenvalue weighted by molar-refractivity contribution is 5.95. The molecule has 2 amide bonds. The van der Waals surface area contributed by atoms with Crippen molar-refractivity contribution in [1.29, 1.82) is 0 Å². The lowest BCUT2D eigenvalue weighted by molar-refractivity contribution is 0.0937. The molecule has 0 aliphatic carbocycles. The molecule has 1 saturated heterocycles. The molecule has 3 N–H and O–H groups in total. The third-order valence-corrected chi connectivity index (χ3v) is 6.37. The Morgan fingerprint density at radius 2 is 1.94 bits per heavy atom. The molecule has 0 radical (unpaired) electrons. The molecule has 4 heterocycles. The number of primary amides is 1. The van der Waals surface area contributed by atoms with Gasteiger partial charge < -0.3 is 16.0 Å². The molecule has 1 atom stereocenters. The van der Waals surface area contributed by atoms with Gasteiger partial charge in [0.05, 0.1) is 17.6 Å². The van der Waals surface area contributed by atoms with E-state index in [0.717, 1.165) is 0 Å². The van der Waals surface area contributed by atoms with E-state index in [1.807, 2.05) is 52.9 Å². The predicted molar refractivity (Wildman–Crippen MR) is 130 cm³/mol. The van der Waals surface area contributed by atoms with Crippen molar-refractivity contribution in [1.82, 2.24) is 29.3 Å². The summed E-state index contributed by atoms with van der Waals surface area (Å²) in [7, 11) is 0. The van der Waals surface area contributed by atoms with Crippen LogP contribution in [0.15, 0.2) is 53.5 Å². The average molecular weight is 475 g/mol. The molecular weight excluding hydrogens is 448 g/mol. The van der Waals surface area contributed by atoms with Crippen molar-refractivity contribution in [2.45, 2.75) is 32.9 Å². The first-order chi connectivity index (χ1) is 16.9. The number of benzene rings is 1. The van der Waals surface area contributed by atoms with Gasteiger partial charge in [0.15, 0.2) is 5.65 Å². The zero-order valence-electron chi connectivity index (χ0n) is 19.5. The number of fused-ring (bicyclic) bond motifs is 1. The van der Waals surface area contributed by atoms with E-state index in [2.05, 4.69) is 15.4 Å². The quantitative estimate of drug-likeness (QED) is 0.430. The summed E-state index contributed by atoms with van der Waals surface area (Å²) >= 11 is 0. The Labute approximate surface area is 200 Å². The summed E-state index contributed by atoms with van der Waals surface area (Å²) < 4.78 is 4.78. The fraction of sp³-hybridized carbons (Fsp3) is 0.292. The van der Waals surface area contributed by atoms with Gasteiger partial charge in [0.25, 0.3) is 17.4 Å². The summed E-state index contributed by atoms with van der Waals surface area (Å²) in [4.78, 5) is 44.3. The van der Waals surface area contributed by atoms with Crippen LogP contribution in [0.2, 0.25) is 0 Å². The summed E-state index contributed by atoms with van der Waals surface area (Å²) in [5.41, 5.74) is 7.29. The van der Waals surface area contributed by atoms with Crippen LogP contribution in [0.3, 0.4) is 0 Å². The van der Waals surface area contributed by atoms with E-state index in [4.69, 9.17) is 5.73 Å². The number of aromatic nitrogens is 5. The van der Waals surface area contributed by atoms with Crippen LogP contribution >= 0.6 is 0 Å². The Morgan fingerprint density at radius 1 is 1.17 bits per heavy atom. The maximum absolute atomic E-state index is 13.3. The first-order valence-electron chi connectivity index (χ1n) is 11.5. The van der Waals surface area contributed by atoms with E-state index in [1.165, 1.54) is 10.7 Å². The van der Waals surface area contributed by atoms with E-state index in [0.29, 0.717) is 48.9 Å². The lowest BCUT2D eigenvalue weighted by Crippen LogP contribution is -2.39. The first kappa shape index (κ1) is 22.4. The fourth-order valence-electron chi connectivity index (χ4n) is 4.66. The number of amides is 2. The molecule has 180 valence electrons. The van der Waals surface area contributed by atoms with Gasteiger partial charge in [-0.15, -0.1) is 5.10 Å². The molecule has 0 spiro atoms. The molecule has 3 aromatic heterocycles. The zero-order chi connectivity index (χ0) is 24.7. The Hall–Kier alpha value is -4.41. The van der Waals surface area contributed by atoms with Gasteiger partial charge in [-0.2, -0.15) is 0 Å². The fourth-order valence-corrected chi connectivity index (χ4v) is 4.66. The Bertz CT molecular complexity index is 1480. The molecule has 1 aromatic carbocycles. The number of nitrogens with zero attached hydrogens (tertiary/aromatic N) is 6. The van der Waals surface area contributed by atoms with Gasteiger partial charge in [0, 0.05) is 25.7 Å². The number of para-hydroxylation sites is 1. The summed E-state index contributed by atoms with van der Waals surface area (Å²) in [6, 6.07) is 12.7. The second-order valence-electron chi connectivity index (χ2n) is 8.50. The largest absolute Gasteiger partial charge is 0.364 e. The monoisotopic (exact) mass is 474 g/mol. The number of carbonyl (C=O) groups is 2. The van der Waals surface area contributed by atoms with Gasteiger partial charge in [-0.05, 0) is 44.5 Å². The van der Waals surface area contributed by atoms with Crippen molar-refractivity contribution in [2.24, 2.45) is 5.73 Å². The number of hydrogen-bond donors (Lipinski definition) is 2. The van der Waals surface area contributed by atoms with Crippen molar-refractivity contribution in [2.75, 3.05) is 18.0 Å². The molecule has 1 aliphatic rings. The summed E-state index contributed by atoms with van der Waals surface area (Å²) in [5.74, 6) is -0.343. The molecule has 0 saturated carbocycles. The Morgan fingerprint density at radius 3 is 2.66 bits per heavy atom. The van der Waals surface area contributed by atoms with E-state index in [-0.39, 0.29) is 28.8 Å². The van der Waals surface area contributed by atoms with Crippen LogP contribution in [0.5, 0.6) is 0 Å². The van der Waals surface area contributed by atoms with E-state index in [1.54, 1.807) is 17.7 Å². The van der Waals surface area contributed by atoms with E-state index in [9.17, 15) is 14.4 Å². The van der Waals surface area contributed by atoms with Crippen LogP contribution in [0.1, 0.15) is 39.9 Å². The second-order valence-corrected chi connectivity index (χ2v) is 8.50. The number of nitrogens with one attached hydrogen (secondary N) is 1. The summed E-state index contributed by atoms with van der Waals surface area (Å²) in [6.45, 7) is 5.46. The Balaban J connectivity index is 1.36. The zero-order valence-corrected chi connectivity index (χ0v) is 19.5. The maximum Gasteiger partial charge on any atom is 0.284 e. The van der Waals surface area contributed by atoms with Crippen molar-refractivity contribution in [3.8, 4) is 5.69 Å². The van der Waals surface area contributed by atoms with Crippen molar-refractivity contribution in [3.05, 3.63) is 76.0 Å². The number of nitrogens with two attached hydrogens (primary N) is 1. The highest BCUT2D eigenvalue weighted by Crippen LogP contribution is 2.20. The Kier molecular flexibility index (Phi) is 5.59. The van der Waals surface area contributed by atoms with Gasteiger partial charge in [-0.3, -0.25) is 19.1 Å². The molecular formula is C24H26N8O3. The maximum atomic E-state index is 13.3. The number of imidazole rings is 1. The number of hydrogen-bond acceptors (Lipinski definition) is 6. The van der Waals surface area contributed by atoms with Crippen LogP contribution in [0.4, 0.5) is 5.82 Å². The first-order valence-corrected chi connectivity index (χ1v) is 11.5. The predicted octanol–water partition coefficient (Wildman–Crippen LogP) is 1.12. The molecule has 5 rings (SSSR count). The third-order valence-electron chi connectivity index (χ3n) is 6.37. The molecule has 1 aliphatic heterocycles. The van der Waals surface area contributed by atoms with Crippen LogP contribution in [0.25, 0.3) is 11.3 Å². The van der Waals surface area contributed by atoms with Gasteiger partial charge in [-0.1, -0.05) is 18.2 Å². The lowest BCUT2D eigenvalue weighted by atomic mass is 10.2. The average Bonchev–Trinajstić information content (AvgIpc) is 3.55. The topological polar surface area (TPSA) is 133 Å². The van der Waals surface area contributed by atoms with Gasteiger partial charge in [0.1, 0.15) is 17.1 Å². The normalized spacial score (nSPS) is 15.6. The van der Waals surface area contributed by atoms with Gasteiger partial charge >= 0.3 is 0 Å². The van der Waals surface area contributed by atoms with Gasteiger partial charge in [0.2, 0.25) is 0 Å². The molecule has 35 heavy (non-hydrogen) atoms. The molecule has 0 bridgehead atoms. The number of anilines is 1. The minimum Gasteiger partial charge on any atom is -0.364 e.